The zero-order valence-electron chi connectivity index (χ0n) is 12.6. The highest BCUT2D eigenvalue weighted by Crippen LogP contribution is 2.21. The van der Waals surface area contributed by atoms with Crippen LogP contribution in [0.15, 0.2) is 40.9 Å². The smallest absolute Gasteiger partial charge is 0.139 e. The van der Waals surface area contributed by atoms with E-state index in [2.05, 4.69) is 26.3 Å². The maximum Gasteiger partial charge on any atom is 0.139 e. The SMILES string of the molecule is Cc1ccc([C@@H](CNc2ccc3cc[nH]c3n2)N(C)C)o1. The van der Waals surface area contributed by atoms with Gasteiger partial charge in [-0.3, -0.25) is 4.90 Å². The van der Waals surface area contributed by atoms with Crippen molar-refractivity contribution >= 4 is 16.9 Å². The summed E-state index contributed by atoms with van der Waals surface area (Å²) in [5.74, 6) is 2.76. The van der Waals surface area contributed by atoms with Gasteiger partial charge in [0.15, 0.2) is 0 Å². The van der Waals surface area contributed by atoms with Gasteiger partial charge in [0.25, 0.3) is 0 Å². The molecule has 5 heteroatoms. The van der Waals surface area contributed by atoms with Gasteiger partial charge in [0, 0.05) is 18.1 Å². The number of nitrogens with one attached hydrogen (secondary N) is 2. The molecule has 110 valence electrons. The Bertz CT molecular complexity index is 729. The van der Waals surface area contributed by atoms with Gasteiger partial charge in [-0.15, -0.1) is 0 Å². The summed E-state index contributed by atoms with van der Waals surface area (Å²) in [5, 5.41) is 4.50. The lowest BCUT2D eigenvalue weighted by Gasteiger charge is -2.22. The van der Waals surface area contributed by atoms with E-state index in [-0.39, 0.29) is 6.04 Å². The molecule has 0 radical (unpaired) electrons. The molecule has 0 fully saturated rings. The molecule has 0 saturated heterocycles. The molecule has 0 aliphatic heterocycles. The molecule has 3 rings (SSSR count). The fourth-order valence-electron chi connectivity index (χ4n) is 2.40. The second-order valence-electron chi connectivity index (χ2n) is 5.42. The summed E-state index contributed by atoms with van der Waals surface area (Å²) in [5.41, 5.74) is 0.898. The van der Waals surface area contributed by atoms with E-state index in [0.29, 0.717) is 0 Å². The number of nitrogens with zero attached hydrogens (tertiary/aromatic N) is 2. The number of aryl methyl sites for hydroxylation is 1. The van der Waals surface area contributed by atoms with Crippen molar-refractivity contribution in [2.24, 2.45) is 0 Å². The molecule has 2 N–H and O–H groups in total. The highest BCUT2D eigenvalue weighted by atomic mass is 16.3. The van der Waals surface area contributed by atoms with E-state index in [0.717, 1.165) is 34.9 Å². The van der Waals surface area contributed by atoms with Crippen LogP contribution in [0.25, 0.3) is 11.0 Å². The highest BCUT2D eigenvalue weighted by molar-refractivity contribution is 5.77. The monoisotopic (exact) mass is 284 g/mol. The molecule has 1 atom stereocenters. The molecule has 0 bridgehead atoms. The van der Waals surface area contributed by atoms with Crippen LogP contribution in [0.5, 0.6) is 0 Å². The van der Waals surface area contributed by atoms with E-state index >= 15 is 0 Å². The van der Waals surface area contributed by atoms with E-state index < -0.39 is 0 Å². The van der Waals surface area contributed by atoms with Crippen molar-refractivity contribution in [1.82, 2.24) is 14.9 Å². The lowest BCUT2D eigenvalue weighted by atomic mass is 10.2. The number of fused-ring (bicyclic) bond motifs is 1. The van der Waals surface area contributed by atoms with Crippen LogP contribution in [-0.4, -0.2) is 35.5 Å². The molecule has 3 heterocycles. The minimum Gasteiger partial charge on any atom is -0.465 e. The number of furan rings is 1. The fourth-order valence-corrected chi connectivity index (χ4v) is 2.40. The third kappa shape index (κ3) is 2.92. The van der Waals surface area contributed by atoms with Crippen LogP contribution < -0.4 is 5.32 Å². The topological polar surface area (TPSA) is 57.1 Å². The van der Waals surface area contributed by atoms with Crippen molar-refractivity contribution in [3.05, 3.63) is 48.0 Å². The third-order valence-electron chi connectivity index (χ3n) is 3.60. The number of hydrogen-bond acceptors (Lipinski definition) is 4. The average molecular weight is 284 g/mol. The van der Waals surface area contributed by atoms with Crippen molar-refractivity contribution in [1.29, 1.82) is 0 Å². The van der Waals surface area contributed by atoms with E-state index in [1.807, 2.05) is 51.5 Å². The van der Waals surface area contributed by atoms with Gasteiger partial charge in [-0.05, 0) is 51.4 Å². The Morgan fingerprint density at radius 1 is 1.24 bits per heavy atom. The van der Waals surface area contributed by atoms with E-state index in [9.17, 15) is 0 Å². The lowest BCUT2D eigenvalue weighted by Crippen LogP contribution is -2.26. The second kappa shape index (κ2) is 5.61. The van der Waals surface area contributed by atoms with Gasteiger partial charge in [0.05, 0.1) is 6.04 Å². The number of anilines is 1. The molecule has 0 unspecified atom stereocenters. The summed E-state index contributed by atoms with van der Waals surface area (Å²) >= 11 is 0. The van der Waals surface area contributed by atoms with Crippen molar-refractivity contribution in [3.63, 3.8) is 0 Å². The third-order valence-corrected chi connectivity index (χ3v) is 3.60. The number of aromatic amines is 1. The Labute approximate surface area is 124 Å². The van der Waals surface area contributed by atoms with Gasteiger partial charge in [-0.25, -0.2) is 4.98 Å². The normalized spacial score (nSPS) is 13.0. The van der Waals surface area contributed by atoms with Crippen LogP contribution in [0.2, 0.25) is 0 Å². The van der Waals surface area contributed by atoms with Gasteiger partial charge in [-0.1, -0.05) is 0 Å². The van der Waals surface area contributed by atoms with Crippen LogP contribution in [0.3, 0.4) is 0 Å². The van der Waals surface area contributed by atoms with Crippen molar-refractivity contribution in [3.8, 4) is 0 Å². The molecule has 3 aromatic heterocycles. The zero-order valence-corrected chi connectivity index (χ0v) is 12.6. The predicted molar refractivity (Wildman–Crippen MR) is 84.5 cm³/mol. The average Bonchev–Trinajstić information content (AvgIpc) is 3.07. The summed E-state index contributed by atoms with van der Waals surface area (Å²) in [4.78, 5) is 9.81. The molecule has 0 aromatic carbocycles. The van der Waals surface area contributed by atoms with E-state index in [4.69, 9.17) is 4.42 Å². The number of likely N-dealkylation sites (N-methyl/N-ethyl adjacent to an activating group) is 1. The van der Waals surface area contributed by atoms with Crippen LogP contribution in [-0.2, 0) is 0 Å². The summed E-state index contributed by atoms with van der Waals surface area (Å²) in [6.45, 7) is 2.70. The molecule has 0 aliphatic carbocycles. The molecule has 0 aliphatic rings. The first-order valence-electron chi connectivity index (χ1n) is 7.04. The Morgan fingerprint density at radius 3 is 2.81 bits per heavy atom. The maximum absolute atomic E-state index is 5.74. The summed E-state index contributed by atoms with van der Waals surface area (Å²) in [6, 6.07) is 10.3. The first-order valence-corrected chi connectivity index (χ1v) is 7.04. The number of aromatic nitrogens is 2. The number of H-pyrrole nitrogens is 1. The van der Waals surface area contributed by atoms with Crippen molar-refractivity contribution < 1.29 is 4.42 Å². The first-order chi connectivity index (χ1) is 10.1. The zero-order chi connectivity index (χ0) is 14.8. The molecular weight excluding hydrogens is 264 g/mol. The molecule has 5 nitrogen and oxygen atoms in total. The molecule has 21 heavy (non-hydrogen) atoms. The summed E-state index contributed by atoms with van der Waals surface area (Å²) < 4.78 is 5.74. The van der Waals surface area contributed by atoms with E-state index in [1.54, 1.807) is 0 Å². The van der Waals surface area contributed by atoms with Gasteiger partial charge in [0.1, 0.15) is 23.0 Å². The summed E-state index contributed by atoms with van der Waals surface area (Å²) in [7, 11) is 4.09. The molecule has 0 saturated carbocycles. The second-order valence-corrected chi connectivity index (χ2v) is 5.42. The van der Waals surface area contributed by atoms with Gasteiger partial charge in [0.2, 0.25) is 0 Å². The maximum atomic E-state index is 5.74. The molecular formula is C16H20N4O. The standard InChI is InChI=1S/C16H20N4O/c1-11-4-6-14(21-11)13(20(2)3)10-18-15-7-5-12-8-9-17-16(12)19-15/h4-9,13H,10H2,1-3H3,(H2,17,18,19)/t13-/m1/s1. The van der Waals surface area contributed by atoms with Gasteiger partial charge >= 0.3 is 0 Å². The first kappa shape index (κ1) is 13.7. The lowest BCUT2D eigenvalue weighted by molar-refractivity contribution is 0.266. The predicted octanol–water partition coefficient (Wildman–Crippen LogP) is 3.18. The van der Waals surface area contributed by atoms with Crippen molar-refractivity contribution in [2.75, 3.05) is 26.0 Å². The van der Waals surface area contributed by atoms with Gasteiger partial charge < -0.3 is 14.7 Å². The quantitative estimate of drug-likeness (QED) is 0.755. The Balaban J connectivity index is 1.74. The molecule has 0 amide bonds. The minimum absolute atomic E-state index is 0.167. The van der Waals surface area contributed by atoms with Crippen LogP contribution >= 0.6 is 0 Å². The van der Waals surface area contributed by atoms with Crippen LogP contribution in [0, 0.1) is 6.92 Å². The minimum atomic E-state index is 0.167. The van der Waals surface area contributed by atoms with Crippen LogP contribution in [0.4, 0.5) is 5.82 Å². The number of pyridine rings is 1. The highest BCUT2D eigenvalue weighted by Gasteiger charge is 2.17. The Hall–Kier alpha value is -2.27. The van der Waals surface area contributed by atoms with E-state index in [1.165, 1.54) is 0 Å². The number of hydrogen-bond donors (Lipinski definition) is 2. The number of rotatable bonds is 5. The Morgan fingerprint density at radius 2 is 2.10 bits per heavy atom. The molecule has 0 spiro atoms. The van der Waals surface area contributed by atoms with Crippen molar-refractivity contribution in [2.45, 2.75) is 13.0 Å². The van der Waals surface area contributed by atoms with Gasteiger partial charge in [-0.2, -0.15) is 0 Å². The largest absolute Gasteiger partial charge is 0.465 e. The van der Waals surface area contributed by atoms with Crippen LogP contribution in [0.1, 0.15) is 17.6 Å². The fraction of sp³-hybridized carbons (Fsp3) is 0.312. The Kier molecular flexibility index (Phi) is 3.66. The molecule has 3 aromatic rings. The summed E-state index contributed by atoms with van der Waals surface area (Å²) in [6.07, 6.45) is 1.90.